The van der Waals surface area contributed by atoms with Gasteiger partial charge in [-0.3, -0.25) is 4.79 Å². The summed E-state index contributed by atoms with van der Waals surface area (Å²) in [5.41, 5.74) is 1.64. The van der Waals surface area contributed by atoms with Crippen LogP contribution < -0.4 is 0 Å². The molecule has 13 heavy (non-hydrogen) atoms. The minimum absolute atomic E-state index is 0.0872. The second-order valence-corrected chi connectivity index (χ2v) is 3.31. The maximum atomic E-state index is 11.5. The average molecular weight is 195 g/mol. The highest BCUT2D eigenvalue weighted by molar-refractivity contribution is 6.30. The molecule has 1 rings (SSSR count). The van der Waals surface area contributed by atoms with Crippen LogP contribution in [-0.2, 0) is 0 Å². The van der Waals surface area contributed by atoms with Gasteiger partial charge in [-0.1, -0.05) is 17.7 Å². The number of Topliss-reactive ketones (excluding diaryl/α,β-unsaturated/α-hetero) is 1. The predicted octanol–water partition coefficient (Wildman–Crippen LogP) is 3.41. The van der Waals surface area contributed by atoms with Crippen molar-refractivity contribution < 1.29 is 4.79 Å². The van der Waals surface area contributed by atoms with Crippen LogP contribution in [0.25, 0.3) is 0 Å². The Balaban J connectivity index is 3.01. The van der Waals surface area contributed by atoms with Crippen molar-refractivity contribution in [1.29, 1.82) is 0 Å². The molecule has 0 atom stereocenters. The summed E-state index contributed by atoms with van der Waals surface area (Å²) in [7, 11) is 0. The van der Waals surface area contributed by atoms with E-state index in [0.29, 0.717) is 11.4 Å². The third kappa shape index (κ3) is 2.43. The van der Waals surface area contributed by atoms with Gasteiger partial charge in [0.25, 0.3) is 0 Å². The molecule has 0 heterocycles. The first kappa shape index (κ1) is 10.0. The summed E-state index contributed by atoms with van der Waals surface area (Å²) in [6, 6.07) is 5.27. The molecule has 0 spiro atoms. The number of carbonyl (C=O) groups is 1. The monoisotopic (exact) mass is 194 g/mol. The van der Waals surface area contributed by atoms with Crippen LogP contribution in [-0.4, -0.2) is 5.78 Å². The van der Waals surface area contributed by atoms with Gasteiger partial charge in [0.15, 0.2) is 5.78 Å². The van der Waals surface area contributed by atoms with E-state index in [0.717, 1.165) is 11.1 Å². The third-order valence-corrected chi connectivity index (χ3v) is 2.05. The van der Waals surface area contributed by atoms with E-state index in [1.807, 2.05) is 6.92 Å². The van der Waals surface area contributed by atoms with Gasteiger partial charge in [-0.25, -0.2) is 0 Å². The molecule has 0 fully saturated rings. The second-order valence-electron chi connectivity index (χ2n) is 2.88. The zero-order valence-corrected chi connectivity index (χ0v) is 8.27. The molecule has 0 saturated carbocycles. The summed E-state index contributed by atoms with van der Waals surface area (Å²) in [5.74, 6) is 0.0872. The number of benzene rings is 1. The number of halogens is 1. The van der Waals surface area contributed by atoms with E-state index in [1.54, 1.807) is 24.3 Å². The Bertz CT molecular complexity index is 342. The molecule has 0 aromatic heterocycles. The summed E-state index contributed by atoms with van der Waals surface area (Å²) in [6.07, 6.45) is 1.98. The standard InChI is InChI=1S/C11H11ClO/c1-3-4-11(13)10-6-5-9(12)7-8(10)2/h3,5-7H,1,4H2,2H3. The molecule has 0 aliphatic rings. The summed E-state index contributed by atoms with van der Waals surface area (Å²) in [5, 5.41) is 0.660. The fraction of sp³-hybridized carbons (Fsp3) is 0.182. The van der Waals surface area contributed by atoms with E-state index < -0.39 is 0 Å². The molecule has 0 radical (unpaired) electrons. The SMILES string of the molecule is C=CCC(=O)c1ccc(Cl)cc1C. The van der Waals surface area contributed by atoms with Crippen LogP contribution in [0.15, 0.2) is 30.9 Å². The first-order valence-electron chi connectivity index (χ1n) is 4.05. The molecule has 0 saturated heterocycles. The molecule has 68 valence electrons. The molecule has 0 amide bonds. The van der Waals surface area contributed by atoms with Gasteiger partial charge in [0, 0.05) is 17.0 Å². The Hall–Kier alpha value is -1.08. The molecule has 0 N–H and O–H groups in total. The van der Waals surface area contributed by atoms with Gasteiger partial charge >= 0.3 is 0 Å². The summed E-state index contributed by atoms with van der Waals surface area (Å²) in [4.78, 5) is 11.5. The first-order valence-corrected chi connectivity index (χ1v) is 4.43. The highest BCUT2D eigenvalue weighted by Gasteiger charge is 2.06. The molecular weight excluding hydrogens is 184 g/mol. The van der Waals surface area contributed by atoms with E-state index in [2.05, 4.69) is 6.58 Å². The number of aryl methyl sites for hydroxylation is 1. The first-order chi connectivity index (χ1) is 6.15. The van der Waals surface area contributed by atoms with Crippen LogP contribution in [0.5, 0.6) is 0 Å². The van der Waals surface area contributed by atoms with Crippen LogP contribution in [0.2, 0.25) is 5.02 Å². The molecule has 0 bridgehead atoms. The molecule has 0 unspecified atom stereocenters. The third-order valence-electron chi connectivity index (χ3n) is 1.82. The van der Waals surface area contributed by atoms with Crippen molar-refractivity contribution in [3.63, 3.8) is 0 Å². The van der Waals surface area contributed by atoms with Crippen LogP contribution >= 0.6 is 11.6 Å². The summed E-state index contributed by atoms with van der Waals surface area (Å²) in [6.45, 7) is 5.40. The van der Waals surface area contributed by atoms with Crippen molar-refractivity contribution in [2.75, 3.05) is 0 Å². The fourth-order valence-corrected chi connectivity index (χ4v) is 1.41. The van der Waals surface area contributed by atoms with Crippen LogP contribution in [0.1, 0.15) is 22.3 Å². The highest BCUT2D eigenvalue weighted by atomic mass is 35.5. The Morgan fingerprint density at radius 2 is 2.31 bits per heavy atom. The lowest BCUT2D eigenvalue weighted by molar-refractivity contribution is 0.0995. The number of carbonyl (C=O) groups excluding carboxylic acids is 1. The van der Waals surface area contributed by atoms with Crippen molar-refractivity contribution >= 4 is 17.4 Å². The smallest absolute Gasteiger partial charge is 0.166 e. The number of hydrogen-bond acceptors (Lipinski definition) is 1. The van der Waals surface area contributed by atoms with Gasteiger partial charge in [-0.2, -0.15) is 0 Å². The Morgan fingerprint density at radius 3 is 2.85 bits per heavy atom. The van der Waals surface area contributed by atoms with E-state index in [9.17, 15) is 4.79 Å². The summed E-state index contributed by atoms with van der Waals surface area (Å²) >= 11 is 5.77. The zero-order valence-electron chi connectivity index (χ0n) is 7.51. The highest BCUT2D eigenvalue weighted by Crippen LogP contribution is 2.16. The van der Waals surface area contributed by atoms with Gasteiger partial charge in [0.2, 0.25) is 0 Å². The molecule has 1 aromatic rings. The Kier molecular flexibility index (Phi) is 3.26. The van der Waals surface area contributed by atoms with Crippen molar-refractivity contribution in [3.05, 3.63) is 47.0 Å². The lowest BCUT2D eigenvalue weighted by Crippen LogP contribution is -1.99. The number of allylic oxidation sites excluding steroid dienone is 1. The largest absolute Gasteiger partial charge is 0.294 e. The molecule has 0 aliphatic carbocycles. The predicted molar refractivity (Wildman–Crippen MR) is 55.3 cm³/mol. The van der Waals surface area contributed by atoms with E-state index >= 15 is 0 Å². The van der Waals surface area contributed by atoms with E-state index in [1.165, 1.54) is 0 Å². The molecular formula is C11H11ClO. The normalized spacial score (nSPS) is 9.69. The lowest BCUT2D eigenvalue weighted by Gasteiger charge is -2.02. The molecule has 1 aromatic carbocycles. The lowest BCUT2D eigenvalue weighted by atomic mass is 10.0. The number of ketones is 1. The fourth-order valence-electron chi connectivity index (χ4n) is 1.18. The van der Waals surface area contributed by atoms with Crippen molar-refractivity contribution in [3.8, 4) is 0 Å². The molecule has 1 nitrogen and oxygen atoms in total. The zero-order chi connectivity index (χ0) is 9.84. The van der Waals surface area contributed by atoms with Crippen molar-refractivity contribution in [2.24, 2.45) is 0 Å². The van der Waals surface area contributed by atoms with Crippen molar-refractivity contribution in [1.82, 2.24) is 0 Å². The van der Waals surface area contributed by atoms with Gasteiger partial charge in [0.1, 0.15) is 0 Å². The van der Waals surface area contributed by atoms with Crippen LogP contribution in [0.3, 0.4) is 0 Å². The maximum absolute atomic E-state index is 11.5. The number of hydrogen-bond donors (Lipinski definition) is 0. The van der Waals surface area contributed by atoms with E-state index in [-0.39, 0.29) is 5.78 Å². The van der Waals surface area contributed by atoms with Crippen molar-refractivity contribution in [2.45, 2.75) is 13.3 Å². The van der Waals surface area contributed by atoms with Crippen LogP contribution in [0.4, 0.5) is 0 Å². The number of rotatable bonds is 3. The van der Waals surface area contributed by atoms with Gasteiger partial charge in [-0.05, 0) is 30.7 Å². The second kappa shape index (κ2) is 4.24. The molecule has 2 heteroatoms. The van der Waals surface area contributed by atoms with Gasteiger partial charge < -0.3 is 0 Å². The minimum atomic E-state index is 0.0872. The maximum Gasteiger partial charge on any atom is 0.166 e. The van der Waals surface area contributed by atoms with Gasteiger partial charge in [-0.15, -0.1) is 6.58 Å². The average Bonchev–Trinajstić information content (AvgIpc) is 2.04. The molecule has 0 aliphatic heterocycles. The quantitative estimate of drug-likeness (QED) is 0.533. The van der Waals surface area contributed by atoms with Gasteiger partial charge in [0.05, 0.1) is 0 Å². The topological polar surface area (TPSA) is 17.1 Å². The Morgan fingerprint density at radius 1 is 1.62 bits per heavy atom. The van der Waals surface area contributed by atoms with Crippen LogP contribution in [0, 0.1) is 6.92 Å². The minimum Gasteiger partial charge on any atom is -0.294 e. The summed E-state index contributed by atoms with van der Waals surface area (Å²) < 4.78 is 0. The van der Waals surface area contributed by atoms with E-state index in [4.69, 9.17) is 11.6 Å². The Labute approximate surface area is 83.0 Å².